The van der Waals surface area contributed by atoms with Crippen molar-refractivity contribution in [2.45, 2.75) is 59.2 Å². The third kappa shape index (κ3) is 3.50. The van der Waals surface area contributed by atoms with Crippen molar-refractivity contribution < 1.29 is 0 Å². The lowest BCUT2D eigenvalue weighted by Gasteiger charge is -2.09. The lowest BCUT2D eigenvalue weighted by Crippen LogP contribution is -2.09. The monoisotopic (exact) mass is 308 g/mol. The third-order valence-corrected chi connectivity index (χ3v) is 4.26. The van der Waals surface area contributed by atoms with E-state index in [4.69, 9.17) is 17.3 Å². The molecule has 1 atom stereocenters. The van der Waals surface area contributed by atoms with Crippen molar-refractivity contribution in [3.63, 3.8) is 0 Å². The van der Waals surface area contributed by atoms with E-state index in [0.29, 0.717) is 0 Å². The maximum Gasteiger partial charge on any atom is 0.0868 e. The van der Waals surface area contributed by atoms with E-state index in [-0.39, 0.29) is 6.04 Å². The Kier molecular flexibility index (Phi) is 5.48. The minimum absolute atomic E-state index is 0.119. The first kappa shape index (κ1) is 16.1. The lowest BCUT2D eigenvalue weighted by atomic mass is 10.1. The highest BCUT2D eigenvalue weighted by Crippen LogP contribution is 2.23. The van der Waals surface area contributed by atoms with Gasteiger partial charge in [0, 0.05) is 25.0 Å². The van der Waals surface area contributed by atoms with Crippen LogP contribution in [0.15, 0.2) is 18.5 Å². The molecule has 0 fully saturated rings. The molecule has 116 valence electrons. The topological polar surface area (TPSA) is 48.8 Å². The average Bonchev–Trinajstić information content (AvgIpc) is 3.06. The van der Waals surface area contributed by atoms with Crippen LogP contribution in [0.25, 0.3) is 0 Å². The van der Waals surface area contributed by atoms with Crippen LogP contribution in [-0.2, 0) is 19.5 Å². The summed E-state index contributed by atoms with van der Waals surface area (Å²) in [4.78, 5) is 0. The summed E-state index contributed by atoms with van der Waals surface area (Å²) in [6, 6.07) is 2.22. The summed E-state index contributed by atoms with van der Waals surface area (Å²) < 4.78 is 4.13. The summed E-state index contributed by atoms with van der Waals surface area (Å²) in [5.74, 6) is 0. The second kappa shape index (κ2) is 7.14. The summed E-state index contributed by atoms with van der Waals surface area (Å²) in [5.41, 5.74) is 9.40. The molecule has 2 N–H and O–H groups in total. The Hall–Kier alpha value is -1.26. The summed E-state index contributed by atoms with van der Waals surface area (Å²) in [6.07, 6.45) is 7.16. The van der Waals surface area contributed by atoms with E-state index in [1.165, 1.54) is 5.56 Å². The van der Waals surface area contributed by atoms with Gasteiger partial charge >= 0.3 is 0 Å². The van der Waals surface area contributed by atoms with Gasteiger partial charge in [-0.3, -0.25) is 4.68 Å². The Labute approximate surface area is 131 Å². The van der Waals surface area contributed by atoms with E-state index >= 15 is 0 Å². The molecule has 0 saturated carbocycles. The van der Waals surface area contributed by atoms with E-state index < -0.39 is 0 Å². The van der Waals surface area contributed by atoms with E-state index in [1.54, 1.807) is 0 Å². The highest BCUT2D eigenvalue weighted by Gasteiger charge is 2.15. The number of hydrogen-bond donors (Lipinski definition) is 1. The smallest absolute Gasteiger partial charge is 0.0868 e. The van der Waals surface area contributed by atoms with Crippen LogP contribution < -0.4 is 5.73 Å². The molecule has 0 aliphatic carbocycles. The molecule has 0 amide bonds. The maximum atomic E-state index is 6.46. The molecule has 5 heteroatoms. The molecule has 0 radical (unpaired) electrons. The summed E-state index contributed by atoms with van der Waals surface area (Å²) in [7, 11) is 0. The Morgan fingerprint density at radius 3 is 2.71 bits per heavy atom. The van der Waals surface area contributed by atoms with Crippen LogP contribution in [0.2, 0.25) is 5.02 Å². The SMILES string of the molecule is CCCC(N)c1ccn(Cc2c(Cl)c(CC)nn2CC)c1. The van der Waals surface area contributed by atoms with Crippen molar-refractivity contribution >= 4 is 11.6 Å². The molecule has 0 spiro atoms. The van der Waals surface area contributed by atoms with Crippen molar-refractivity contribution in [2.75, 3.05) is 0 Å². The number of nitrogens with zero attached hydrogens (tertiary/aromatic N) is 3. The molecule has 2 rings (SSSR count). The quantitative estimate of drug-likeness (QED) is 0.846. The van der Waals surface area contributed by atoms with Gasteiger partial charge < -0.3 is 10.3 Å². The molecule has 2 aromatic heterocycles. The zero-order valence-electron chi connectivity index (χ0n) is 13.1. The second-order valence-corrected chi connectivity index (χ2v) is 5.77. The molecule has 21 heavy (non-hydrogen) atoms. The van der Waals surface area contributed by atoms with Crippen LogP contribution in [0.4, 0.5) is 0 Å². The minimum atomic E-state index is 0.119. The van der Waals surface area contributed by atoms with Crippen molar-refractivity contribution in [1.29, 1.82) is 0 Å². The lowest BCUT2D eigenvalue weighted by molar-refractivity contribution is 0.593. The summed E-state index contributed by atoms with van der Waals surface area (Å²) >= 11 is 6.46. The van der Waals surface area contributed by atoms with Crippen LogP contribution in [-0.4, -0.2) is 14.3 Å². The normalized spacial score (nSPS) is 12.8. The van der Waals surface area contributed by atoms with Crippen molar-refractivity contribution in [1.82, 2.24) is 14.3 Å². The van der Waals surface area contributed by atoms with Gasteiger partial charge in [-0.2, -0.15) is 5.10 Å². The van der Waals surface area contributed by atoms with Crippen LogP contribution >= 0.6 is 11.6 Å². The molecule has 0 aromatic carbocycles. The Morgan fingerprint density at radius 1 is 1.33 bits per heavy atom. The van der Waals surface area contributed by atoms with Gasteiger partial charge in [-0.15, -0.1) is 0 Å². The Morgan fingerprint density at radius 2 is 2.10 bits per heavy atom. The highest BCUT2D eigenvalue weighted by molar-refractivity contribution is 6.31. The number of hydrogen-bond acceptors (Lipinski definition) is 2. The summed E-state index contributed by atoms with van der Waals surface area (Å²) in [6.45, 7) is 7.89. The molecule has 1 unspecified atom stereocenters. The first-order valence-electron chi connectivity index (χ1n) is 7.75. The van der Waals surface area contributed by atoms with Gasteiger partial charge in [-0.1, -0.05) is 31.9 Å². The van der Waals surface area contributed by atoms with E-state index in [2.05, 4.69) is 48.9 Å². The molecule has 0 aliphatic heterocycles. The molecule has 0 aliphatic rings. The standard InChI is InChI=1S/C16H25ClN4/c1-4-7-13(18)12-8-9-20(10-12)11-15-16(17)14(5-2)19-21(15)6-3/h8-10,13H,4-7,11,18H2,1-3H3. The number of nitrogens with two attached hydrogens (primary N) is 1. The average molecular weight is 309 g/mol. The molecular formula is C16H25ClN4. The van der Waals surface area contributed by atoms with E-state index in [1.807, 2.05) is 4.68 Å². The van der Waals surface area contributed by atoms with Gasteiger partial charge in [-0.05, 0) is 31.4 Å². The van der Waals surface area contributed by atoms with Crippen molar-refractivity contribution in [2.24, 2.45) is 5.73 Å². The number of aromatic nitrogens is 3. The van der Waals surface area contributed by atoms with Crippen molar-refractivity contribution in [3.05, 3.63) is 40.4 Å². The predicted octanol–water partition coefficient (Wildman–Crippen LogP) is 3.77. The number of rotatable bonds is 7. The van der Waals surface area contributed by atoms with Gasteiger partial charge in [0.15, 0.2) is 0 Å². The molecule has 4 nitrogen and oxygen atoms in total. The Bertz CT molecular complexity index is 585. The van der Waals surface area contributed by atoms with Gasteiger partial charge in [0.05, 0.1) is 23.0 Å². The van der Waals surface area contributed by atoms with Gasteiger partial charge in [0.25, 0.3) is 0 Å². The van der Waals surface area contributed by atoms with E-state index in [9.17, 15) is 0 Å². The van der Waals surface area contributed by atoms with Crippen LogP contribution in [0.5, 0.6) is 0 Å². The number of aryl methyl sites for hydroxylation is 2. The van der Waals surface area contributed by atoms with Gasteiger partial charge in [-0.25, -0.2) is 0 Å². The van der Waals surface area contributed by atoms with Crippen LogP contribution in [0, 0.1) is 0 Å². The minimum Gasteiger partial charge on any atom is -0.348 e. The molecule has 0 saturated heterocycles. The fraction of sp³-hybridized carbons (Fsp3) is 0.562. The number of halogens is 1. The molecule has 2 aromatic rings. The molecular weight excluding hydrogens is 284 g/mol. The highest BCUT2D eigenvalue weighted by atomic mass is 35.5. The van der Waals surface area contributed by atoms with E-state index in [0.717, 1.165) is 48.8 Å². The first-order valence-corrected chi connectivity index (χ1v) is 8.13. The fourth-order valence-electron chi connectivity index (χ4n) is 2.60. The summed E-state index contributed by atoms with van der Waals surface area (Å²) in [5, 5.41) is 5.36. The van der Waals surface area contributed by atoms with Gasteiger partial charge in [0.1, 0.15) is 0 Å². The largest absolute Gasteiger partial charge is 0.348 e. The molecule has 0 bridgehead atoms. The van der Waals surface area contributed by atoms with Crippen molar-refractivity contribution in [3.8, 4) is 0 Å². The predicted molar refractivity (Wildman–Crippen MR) is 87.7 cm³/mol. The second-order valence-electron chi connectivity index (χ2n) is 5.39. The first-order chi connectivity index (χ1) is 10.1. The van der Waals surface area contributed by atoms with Crippen LogP contribution in [0.3, 0.4) is 0 Å². The Balaban J connectivity index is 2.20. The van der Waals surface area contributed by atoms with Gasteiger partial charge in [0.2, 0.25) is 0 Å². The maximum absolute atomic E-state index is 6.46. The third-order valence-electron chi connectivity index (χ3n) is 3.83. The fourth-order valence-corrected chi connectivity index (χ4v) is 2.92. The zero-order chi connectivity index (χ0) is 15.4. The molecule has 2 heterocycles. The van der Waals surface area contributed by atoms with Crippen LogP contribution in [0.1, 0.15) is 56.6 Å². The zero-order valence-corrected chi connectivity index (χ0v) is 13.9.